The lowest BCUT2D eigenvalue weighted by Gasteiger charge is -2.32. The molecule has 20 heavy (non-hydrogen) atoms. The molecule has 106 valence electrons. The molecule has 1 unspecified atom stereocenters. The van der Waals surface area contributed by atoms with Crippen LogP contribution in [0.25, 0.3) is 0 Å². The van der Waals surface area contributed by atoms with Gasteiger partial charge in [-0.3, -0.25) is 4.79 Å². The molecule has 0 saturated heterocycles. The molecule has 5 heteroatoms. The van der Waals surface area contributed by atoms with Crippen LogP contribution >= 0.6 is 0 Å². The van der Waals surface area contributed by atoms with Crippen LogP contribution in [0, 0.1) is 0 Å². The molecular formula is C15H16O5. The number of benzene rings is 1. The summed E-state index contributed by atoms with van der Waals surface area (Å²) in [6.07, 6.45) is 2.45. The van der Waals surface area contributed by atoms with Crippen molar-refractivity contribution in [2.75, 3.05) is 13.7 Å². The summed E-state index contributed by atoms with van der Waals surface area (Å²) in [7, 11) is 1.53. The third kappa shape index (κ3) is 2.52. The Balaban J connectivity index is 2.48. The van der Waals surface area contributed by atoms with E-state index in [1.54, 1.807) is 31.2 Å². The van der Waals surface area contributed by atoms with E-state index in [1.165, 1.54) is 19.4 Å². The van der Waals surface area contributed by atoms with E-state index in [0.717, 1.165) is 0 Å². The Morgan fingerprint density at radius 3 is 2.90 bits per heavy atom. The summed E-state index contributed by atoms with van der Waals surface area (Å²) in [5, 5.41) is 0. The van der Waals surface area contributed by atoms with E-state index in [1.807, 2.05) is 0 Å². The topological polar surface area (TPSA) is 61.8 Å². The highest BCUT2D eigenvalue weighted by atomic mass is 16.6. The predicted octanol–water partition coefficient (Wildman–Crippen LogP) is 1.96. The summed E-state index contributed by atoms with van der Waals surface area (Å²) >= 11 is 0. The fourth-order valence-corrected chi connectivity index (χ4v) is 2.10. The van der Waals surface area contributed by atoms with E-state index in [0.29, 0.717) is 11.3 Å². The zero-order chi connectivity index (χ0) is 14.6. The molecule has 0 amide bonds. The van der Waals surface area contributed by atoms with Crippen LogP contribution in [0.1, 0.15) is 18.9 Å². The Hall–Kier alpha value is -2.30. The van der Waals surface area contributed by atoms with E-state index >= 15 is 0 Å². The maximum absolute atomic E-state index is 12.3. The smallest absolute Gasteiger partial charge is 0.355 e. The Morgan fingerprint density at radius 1 is 1.45 bits per heavy atom. The molecule has 0 fully saturated rings. The molecule has 1 aliphatic heterocycles. The molecule has 1 heterocycles. The number of esters is 1. The minimum atomic E-state index is -1.43. The largest absolute Gasteiger partial charge is 0.497 e. The van der Waals surface area contributed by atoms with Gasteiger partial charge in [0.15, 0.2) is 5.78 Å². The van der Waals surface area contributed by atoms with Crippen molar-refractivity contribution in [3.05, 3.63) is 42.2 Å². The SMILES string of the molecule is CCOC(=O)C1(c2cccc(OC)c2)CC(=O)C=CO1. The van der Waals surface area contributed by atoms with Crippen LogP contribution in [0.5, 0.6) is 5.75 Å². The minimum absolute atomic E-state index is 0.0878. The van der Waals surface area contributed by atoms with Crippen LogP contribution < -0.4 is 4.74 Å². The molecule has 0 aliphatic carbocycles. The second kappa shape index (κ2) is 5.77. The van der Waals surface area contributed by atoms with Gasteiger partial charge in [-0.1, -0.05) is 12.1 Å². The van der Waals surface area contributed by atoms with Crippen molar-refractivity contribution in [1.82, 2.24) is 0 Å². The standard InChI is InChI=1S/C15H16O5/c1-3-19-14(17)15(10-12(16)7-8-20-15)11-5-4-6-13(9-11)18-2/h4-9H,3,10H2,1-2H3. The minimum Gasteiger partial charge on any atom is -0.497 e. The van der Waals surface area contributed by atoms with Gasteiger partial charge in [-0.2, -0.15) is 0 Å². The quantitative estimate of drug-likeness (QED) is 0.787. The van der Waals surface area contributed by atoms with E-state index < -0.39 is 11.6 Å². The summed E-state index contributed by atoms with van der Waals surface area (Å²) in [4.78, 5) is 24.0. The molecule has 1 aromatic carbocycles. The maximum Gasteiger partial charge on any atom is 0.355 e. The lowest BCUT2D eigenvalue weighted by molar-refractivity contribution is -0.170. The highest BCUT2D eigenvalue weighted by molar-refractivity contribution is 5.96. The molecule has 2 rings (SSSR count). The highest BCUT2D eigenvalue weighted by Crippen LogP contribution is 2.36. The maximum atomic E-state index is 12.3. The molecule has 0 bridgehead atoms. The first-order valence-electron chi connectivity index (χ1n) is 6.31. The Bertz CT molecular complexity index is 549. The third-order valence-corrected chi connectivity index (χ3v) is 3.09. The summed E-state index contributed by atoms with van der Waals surface area (Å²) in [6.45, 7) is 1.92. The number of ketones is 1. The van der Waals surface area contributed by atoms with Crippen molar-refractivity contribution in [1.29, 1.82) is 0 Å². The van der Waals surface area contributed by atoms with E-state index in [4.69, 9.17) is 14.2 Å². The second-order valence-corrected chi connectivity index (χ2v) is 4.34. The number of carbonyl (C=O) groups is 2. The summed E-state index contributed by atoms with van der Waals surface area (Å²) < 4.78 is 15.7. The Morgan fingerprint density at radius 2 is 2.25 bits per heavy atom. The van der Waals surface area contributed by atoms with Crippen molar-refractivity contribution >= 4 is 11.8 Å². The van der Waals surface area contributed by atoms with Gasteiger partial charge in [0.2, 0.25) is 5.60 Å². The van der Waals surface area contributed by atoms with Crippen LogP contribution in [0.3, 0.4) is 0 Å². The number of hydrogen-bond donors (Lipinski definition) is 0. The fraction of sp³-hybridized carbons (Fsp3) is 0.333. The van der Waals surface area contributed by atoms with Crippen molar-refractivity contribution in [3.63, 3.8) is 0 Å². The number of ether oxygens (including phenoxy) is 3. The summed E-state index contributed by atoms with van der Waals surface area (Å²) in [5.74, 6) is -0.185. The van der Waals surface area contributed by atoms with Gasteiger partial charge >= 0.3 is 5.97 Å². The van der Waals surface area contributed by atoms with Crippen molar-refractivity contribution in [2.45, 2.75) is 18.9 Å². The van der Waals surface area contributed by atoms with Gasteiger partial charge in [-0.05, 0) is 19.1 Å². The number of hydrogen-bond acceptors (Lipinski definition) is 5. The number of methoxy groups -OCH3 is 1. The Kier molecular flexibility index (Phi) is 4.08. The van der Waals surface area contributed by atoms with E-state index in [2.05, 4.69) is 0 Å². The van der Waals surface area contributed by atoms with Crippen LogP contribution in [0.4, 0.5) is 0 Å². The van der Waals surface area contributed by atoms with Crippen LogP contribution in [-0.2, 0) is 24.7 Å². The average Bonchev–Trinajstić information content (AvgIpc) is 2.47. The van der Waals surface area contributed by atoms with Crippen molar-refractivity contribution < 1.29 is 23.8 Å². The normalized spacial score (nSPS) is 21.2. The third-order valence-electron chi connectivity index (χ3n) is 3.09. The highest BCUT2D eigenvalue weighted by Gasteiger charge is 2.47. The van der Waals surface area contributed by atoms with Gasteiger partial charge in [0.05, 0.1) is 26.4 Å². The first-order chi connectivity index (χ1) is 9.62. The first-order valence-corrected chi connectivity index (χ1v) is 6.31. The van der Waals surface area contributed by atoms with Crippen LogP contribution in [0.2, 0.25) is 0 Å². The van der Waals surface area contributed by atoms with Gasteiger partial charge in [0, 0.05) is 11.6 Å². The molecule has 0 aromatic heterocycles. The van der Waals surface area contributed by atoms with Crippen molar-refractivity contribution in [3.8, 4) is 5.75 Å². The first kappa shape index (κ1) is 14.1. The lowest BCUT2D eigenvalue weighted by atomic mass is 9.87. The van der Waals surface area contributed by atoms with Gasteiger partial charge in [0.1, 0.15) is 5.75 Å². The number of rotatable bonds is 4. The monoisotopic (exact) mass is 276 g/mol. The van der Waals surface area contributed by atoms with Crippen molar-refractivity contribution in [2.24, 2.45) is 0 Å². The molecule has 1 aromatic rings. The Labute approximate surface area is 117 Å². The summed E-state index contributed by atoms with van der Waals surface area (Å²) in [5.41, 5.74) is -0.899. The van der Waals surface area contributed by atoms with Crippen LogP contribution in [-0.4, -0.2) is 25.5 Å². The van der Waals surface area contributed by atoms with E-state index in [-0.39, 0.29) is 18.8 Å². The summed E-state index contributed by atoms with van der Waals surface area (Å²) in [6, 6.07) is 6.87. The second-order valence-electron chi connectivity index (χ2n) is 4.34. The molecule has 0 saturated carbocycles. The molecule has 0 N–H and O–H groups in total. The molecule has 0 radical (unpaired) electrons. The van der Waals surface area contributed by atoms with Gasteiger partial charge < -0.3 is 14.2 Å². The average molecular weight is 276 g/mol. The lowest BCUT2D eigenvalue weighted by Crippen LogP contribution is -2.42. The molecule has 1 atom stereocenters. The van der Waals surface area contributed by atoms with Crippen LogP contribution in [0.15, 0.2) is 36.6 Å². The zero-order valence-corrected chi connectivity index (χ0v) is 11.4. The molecule has 1 aliphatic rings. The van der Waals surface area contributed by atoms with E-state index in [9.17, 15) is 9.59 Å². The molecule has 5 nitrogen and oxygen atoms in total. The predicted molar refractivity (Wildman–Crippen MR) is 71.2 cm³/mol. The number of allylic oxidation sites excluding steroid dienone is 1. The fourth-order valence-electron chi connectivity index (χ4n) is 2.10. The molecular weight excluding hydrogens is 260 g/mol. The zero-order valence-electron chi connectivity index (χ0n) is 11.4. The van der Waals surface area contributed by atoms with Gasteiger partial charge in [-0.25, -0.2) is 4.79 Å². The number of carbonyl (C=O) groups excluding carboxylic acids is 2. The molecule has 0 spiro atoms. The van der Waals surface area contributed by atoms with Gasteiger partial charge in [-0.15, -0.1) is 0 Å². The van der Waals surface area contributed by atoms with Gasteiger partial charge in [0.25, 0.3) is 0 Å².